The highest BCUT2D eigenvalue weighted by molar-refractivity contribution is 5.52. The Kier molecular flexibility index (Phi) is 5.86. The lowest BCUT2D eigenvalue weighted by Crippen LogP contribution is -2.33. The van der Waals surface area contributed by atoms with E-state index in [0.29, 0.717) is 16.7 Å². The van der Waals surface area contributed by atoms with E-state index in [2.05, 4.69) is 4.74 Å². The Morgan fingerprint density at radius 3 is 2.27 bits per heavy atom. The number of ether oxygens (including phenoxy) is 3. The second kappa shape index (κ2) is 8.62. The molecule has 0 spiro atoms. The third-order valence-electron chi connectivity index (χ3n) is 5.12. The highest BCUT2D eigenvalue weighted by atomic mass is 19.4. The number of phenols is 4. The highest BCUT2D eigenvalue weighted by Crippen LogP contribution is 2.44. The molecule has 1 heterocycles. The fraction of sp³-hybridized carbons (Fsp3) is 0.217. The first-order valence-corrected chi connectivity index (χ1v) is 9.79. The Morgan fingerprint density at radius 2 is 1.61 bits per heavy atom. The summed E-state index contributed by atoms with van der Waals surface area (Å²) >= 11 is 0. The van der Waals surface area contributed by atoms with Crippen LogP contribution in [0.25, 0.3) is 0 Å². The van der Waals surface area contributed by atoms with Crippen molar-refractivity contribution in [1.29, 1.82) is 0 Å². The van der Waals surface area contributed by atoms with E-state index in [4.69, 9.17) is 9.47 Å². The Bertz CT molecular complexity index is 1150. The van der Waals surface area contributed by atoms with Crippen molar-refractivity contribution in [2.75, 3.05) is 0 Å². The number of halogens is 3. The van der Waals surface area contributed by atoms with Crippen molar-refractivity contribution in [2.45, 2.75) is 31.6 Å². The molecule has 33 heavy (non-hydrogen) atoms. The smallest absolute Gasteiger partial charge is 0.508 e. The predicted octanol–water partition coefficient (Wildman–Crippen LogP) is 4.67. The standard InChI is InChI=1S/C23H19F3O7/c24-23(25,26)33-15-4-1-12(2-5-15)11-31-21-10-16-18(29)8-14(27)9-20(16)32-22(21)13-3-6-17(28)19(30)7-13/h1-9,21-22,27-30H,10-11H2/t21-,22+/m0/s1. The molecule has 3 aromatic carbocycles. The molecule has 2 atom stereocenters. The highest BCUT2D eigenvalue weighted by Gasteiger charge is 2.35. The molecule has 0 radical (unpaired) electrons. The molecular weight excluding hydrogens is 445 g/mol. The zero-order valence-corrected chi connectivity index (χ0v) is 16.9. The molecule has 3 aromatic rings. The molecule has 0 fully saturated rings. The first-order chi connectivity index (χ1) is 15.6. The fourth-order valence-electron chi connectivity index (χ4n) is 3.58. The molecule has 1 aliphatic rings. The average Bonchev–Trinajstić information content (AvgIpc) is 2.74. The summed E-state index contributed by atoms with van der Waals surface area (Å²) in [7, 11) is 0. The van der Waals surface area contributed by atoms with E-state index in [1.54, 1.807) is 0 Å². The summed E-state index contributed by atoms with van der Waals surface area (Å²) in [4.78, 5) is 0. The summed E-state index contributed by atoms with van der Waals surface area (Å²) in [5.74, 6) is -1.18. The van der Waals surface area contributed by atoms with Crippen LogP contribution in [0.15, 0.2) is 54.6 Å². The van der Waals surface area contributed by atoms with Crippen LogP contribution in [-0.2, 0) is 17.8 Å². The summed E-state index contributed by atoms with van der Waals surface area (Å²) < 4.78 is 52.8. The van der Waals surface area contributed by atoms with Crippen molar-refractivity contribution in [3.05, 3.63) is 71.3 Å². The van der Waals surface area contributed by atoms with Gasteiger partial charge in [-0.3, -0.25) is 0 Å². The third-order valence-corrected chi connectivity index (χ3v) is 5.12. The van der Waals surface area contributed by atoms with E-state index >= 15 is 0 Å². The molecule has 0 saturated carbocycles. The van der Waals surface area contributed by atoms with Gasteiger partial charge in [-0.05, 0) is 35.4 Å². The van der Waals surface area contributed by atoms with Crippen molar-refractivity contribution in [1.82, 2.24) is 0 Å². The normalized spacial score (nSPS) is 17.8. The van der Waals surface area contributed by atoms with Gasteiger partial charge < -0.3 is 34.6 Å². The first-order valence-electron chi connectivity index (χ1n) is 9.79. The molecule has 0 aliphatic carbocycles. The van der Waals surface area contributed by atoms with Crippen LogP contribution in [0.1, 0.15) is 22.8 Å². The van der Waals surface area contributed by atoms with Gasteiger partial charge in [0.1, 0.15) is 29.1 Å². The number of phenolic OH excluding ortho intramolecular Hbond substituents is 4. The summed E-state index contributed by atoms with van der Waals surface area (Å²) in [6, 6.07) is 11.8. The molecule has 7 nitrogen and oxygen atoms in total. The number of alkyl halides is 3. The molecule has 4 rings (SSSR count). The summed E-state index contributed by atoms with van der Waals surface area (Å²) in [5.41, 5.74) is 1.45. The molecule has 0 unspecified atom stereocenters. The molecular formula is C23H19F3O7. The van der Waals surface area contributed by atoms with Crippen LogP contribution in [0.3, 0.4) is 0 Å². The number of hydrogen-bond acceptors (Lipinski definition) is 7. The van der Waals surface area contributed by atoms with Gasteiger partial charge in [-0.1, -0.05) is 18.2 Å². The van der Waals surface area contributed by atoms with Crippen LogP contribution in [0.5, 0.6) is 34.5 Å². The number of fused-ring (bicyclic) bond motifs is 1. The third kappa shape index (κ3) is 5.17. The Hall–Kier alpha value is -3.79. The van der Waals surface area contributed by atoms with Gasteiger partial charge in [0.2, 0.25) is 0 Å². The molecule has 10 heteroatoms. The van der Waals surface area contributed by atoms with Gasteiger partial charge in [0, 0.05) is 24.1 Å². The Balaban J connectivity index is 1.57. The minimum Gasteiger partial charge on any atom is -0.508 e. The van der Waals surface area contributed by atoms with Gasteiger partial charge in [-0.25, -0.2) is 0 Å². The molecule has 0 saturated heterocycles. The van der Waals surface area contributed by atoms with E-state index in [9.17, 15) is 33.6 Å². The topological polar surface area (TPSA) is 109 Å². The van der Waals surface area contributed by atoms with E-state index in [1.165, 1.54) is 54.6 Å². The average molecular weight is 464 g/mol. The van der Waals surface area contributed by atoms with Crippen molar-refractivity contribution >= 4 is 0 Å². The number of rotatable bonds is 5. The largest absolute Gasteiger partial charge is 0.573 e. The maximum absolute atomic E-state index is 12.3. The van der Waals surface area contributed by atoms with Crippen molar-refractivity contribution in [2.24, 2.45) is 0 Å². The zero-order chi connectivity index (χ0) is 23.8. The van der Waals surface area contributed by atoms with E-state index in [-0.39, 0.29) is 47.5 Å². The van der Waals surface area contributed by atoms with Crippen molar-refractivity contribution in [3.8, 4) is 34.5 Å². The Morgan fingerprint density at radius 1 is 0.879 bits per heavy atom. The van der Waals surface area contributed by atoms with Crippen LogP contribution in [0.2, 0.25) is 0 Å². The monoisotopic (exact) mass is 464 g/mol. The summed E-state index contributed by atoms with van der Waals surface area (Å²) in [6.07, 6.45) is -6.06. The zero-order valence-electron chi connectivity index (χ0n) is 16.9. The maximum atomic E-state index is 12.3. The number of hydrogen-bond donors (Lipinski definition) is 4. The SMILES string of the molecule is Oc1cc(O)c2c(c1)O[C@H](c1ccc(O)c(O)c1)[C@@H](OCc1ccc(OC(F)(F)F)cc1)C2. The van der Waals surface area contributed by atoms with Gasteiger partial charge in [0.25, 0.3) is 0 Å². The lowest BCUT2D eigenvalue weighted by Gasteiger charge is -2.34. The lowest BCUT2D eigenvalue weighted by atomic mass is 9.93. The van der Waals surface area contributed by atoms with Crippen LogP contribution >= 0.6 is 0 Å². The van der Waals surface area contributed by atoms with Gasteiger partial charge in [0.05, 0.1) is 6.61 Å². The van der Waals surface area contributed by atoms with Gasteiger partial charge in [0.15, 0.2) is 17.6 Å². The van der Waals surface area contributed by atoms with Crippen LogP contribution in [0, 0.1) is 0 Å². The second-order valence-electron chi connectivity index (χ2n) is 7.47. The Labute approximate surface area is 185 Å². The molecule has 1 aliphatic heterocycles. The van der Waals surface area contributed by atoms with Crippen LogP contribution in [0.4, 0.5) is 13.2 Å². The van der Waals surface area contributed by atoms with Crippen molar-refractivity contribution in [3.63, 3.8) is 0 Å². The van der Waals surface area contributed by atoms with Gasteiger partial charge >= 0.3 is 6.36 Å². The number of benzene rings is 3. The quantitative estimate of drug-likeness (QED) is 0.407. The van der Waals surface area contributed by atoms with Crippen LogP contribution < -0.4 is 9.47 Å². The van der Waals surface area contributed by atoms with E-state index in [0.717, 1.165) is 0 Å². The number of aromatic hydroxyl groups is 4. The summed E-state index contributed by atoms with van der Waals surface area (Å²) in [6.45, 7) is 0.00900. The van der Waals surface area contributed by atoms with E-state index < -0.39 is 18.6 Å². The molecule has 0 aromatic heterocycles. The predicted molar refractivity (Wildman–Crippen MR) is 108 cm³/mol. The minimum atomic E-state index is -4.79. The van der Waals surface area contributed by atoms with E-state index in [1.807, 2.05) is 0 Å². The maximum Gasteiger partial charge on any atom is 0.573 e. The fourth-order valence-corrected chi connectivity index (χ4v) is 3.58. The lowest BCUT2D eigenvalue weighted by molar-refractivity contribution is -0.274. The first kappa shape index (κ1) is 22.4. The molecule has 174 valence electrons. The molecule has 0 bridgehead atoms. The molecule has 0 amide bonds. The van der Waals surface area contributed by atoms with Crippen molar-refractivity contribution < 1.29 is 47.8 Å². The molecule has 4 N–H and O–H groups in total. The van der Waals surface area contributed by atoms with Gasteiger partial charge in [-0.2, -0.15) is 0 Å². The van der Waals surface area contributed by atoms with Crippen LogP contribution in [-0.4, -0.2) is 32.9 Å². The summed E-state index contributed by atoms with van der Waals surface area (Å²) in [5, 5.41) is 39.5. The minimum absolute atomic E-state index is 0.00900. The second-order valence-corrected chi connectivity index (χ2v) is 7.47. The van der Waals surface area contributed by atoms with Gasteiger partial charge in [-0.15, -0.1) is 13.2 Å².